The molecule has 1 N–H and O–H groups in total. The molecule has 3 aromatic rings. The predicted molar refractivity (Wildman–Crippen MR) is 94.1 cm³/mol. The third-order valence-electron chi connectivity index (χ3n) is 3.89. The number of hydrogen-bond donors (Lipinski definition) is 1. The Balaban J connectivity index is 1.80. The molecule has 5 nitrogen and oxygen atoms in total. The molecule has 0 aliphatic heterocycles. The zero-order valence-electron chi connectivity index (χ0n) is 13.9. The first kappa shape index (κ1) is 17.4. The van der Waals surface area contributed by atoms with Crippen LogP contribution in [0.4, 0.5) is 4.39 Å². The van der Waals surface area contributed by atoms with Crippen LogP contribution < -0.4 is 5.63 Å². The zero-order chi connectivity index (χ0) is 18.7. The van der Waals surface area contributed by atoms with E-state index in [9.17, 15) is 19.1 Å². The minimum absolute atomic E-state index is 0.00242. The second-order valence-corrected chi connectivity index (χ2v) is 5.64. The summed E-state index contributed by atoms with van der Waals surface area (Å²) in [5.41, 5.74) is 0.769. The molecule has 0 amide bonds. The quantitative estimate of drug-likeness (QED) is 0.439. The van der Waals surface area contributed by atoms with E-state index in [-0.39, 0.29) is 23.5 Å². The van der Waals surface area contributed by atoms with Gasteiger partial charge >= 0.3 is 11.6 Å². The molecule has 0 aliphatic rings. The average Bonchev–Trinajstić information content (AvgIpc) is 2.62. The molecule has 3 rings (SSSR count). The van der Waals surface area contributed by atoms with E-state index in [4.69, 9.17) is 9.15 Å². The van der Waals surface area contributed by atoms with Gasteiger partial charge in [0, 0.05) is 34.2 Å². The molecular weight excluding hydrogens is 339 g/mol. The smallest absolute Gasteiger partial charge is 0.336 e. The number of rotatable bonds is 4. The fourth-order valence-corrected chi connectivity index (χ4v) is 2.50. The maximum absolute atomic E-state index is 13.5. The van der Waals surface area contributed by atoms with Crippen LogP contribution in [0.15, 0.2) is 57.8 Å². The van der Waals surface area contributed by atoms with E-state index in [1.165, 1.54) is 30.3 Å². The molecule has 2 aromatic carbocycles. The number of carbonyl (C=O) groups excluding carboxylic acids is 1. The lowest BCUT2D eigenvalue weighted by molar-refractivity contribution is -0.138. The van der Waals surface area contributed by atoms with Crippen molar-refractivity contribution in [1.29, 1.82) is 0 Å². The van der Waals surface area contributed by atoms with E-state index in [2.05, 4.69) is 0 Å². The highest BCUT2D eigenvalue weighted by molar-refractivity contribution is 5.88. The summed E-state index contributed by atoms with van der Waals surface area (Å²) >= 11 is 0. The maximum atomic E-state index is 13.5. The van der Waals surface area contributed by atoms with Crippen molar-refractivity contribution in [3.63, 3.8) is 0 Å². The van der Waals surface area contributed by atoms with Gasteiger partial charge in [0.15, 0.2) is 0 Å². The van der Waals surface area contributed by atoms with E-state index in [1.54, 1.807) is 25.1 Å². The molecule has 0 radical (unpaired) electrons. The maximum Gasteiger partial charge on any atom is 0.336 e. The van der Waals surface area contributed by atoms with Crippen LogP contribution in [0, 0.1) is 12.7 Å². The lowest BCUT2D eigenvalue weighted by Gasteiger charge is -2.08. The molecule has 132 valence electrons. The lowest BCUT2D eigenvalue weighted by Crippen LogP contribution is -2.06. The number of benzene rings is 2. The number of esters is 1. The fourth-order valence-electron chi connectivity index (χ4n) is 2.50. The largest absolute Gasteiger partial charge is 0.508 e. The van der Waals surface area contributed by atoms with Crippen molar-refractivity contribution in [2.75, 3.05) is 0 Å². The van der Waals surface area contributed by atoms with Crippen LogP contribution in [0.25, 0.3) is 17.0 Å². The van der Waals surface area contributed by atoms with Gasteiger partial charge in [0.25, 0.3) is 0 Å². The molecule has 6 heteroatoms. The number of fused-ring (bicyclic) bond motifs is 1. The average molecular weight is 354 g/mol. The summed E-state index contributed by atoms with van der Waals surface area (Å²) in [6, 6.07) is 10.3. The zero-order valence-corrected chi connectivity index (χ0v) is 13.9. The molecular formula is C20H15FO5. The molecule has 0 aliphatic carbocycles. The molecule has 0 spiro atoms. The third-order valence-corrected chi connectivity index (χ3v) is 3.89. The van der Waals surface area contributed by atoms with Gasteiger partial charge in [-0.05, 0) is 31.2 Å². The van der Waals surface area contributed by atoms with Gasteiger partial charge in [-0.15, -0.1) is 0 Å². The van der Waals surface area contributed by atoms with Gasteiger partial charge in [-0.2, -0.15) is 0 Å². The van der Waals surface area contributed by atoms with E-state index < -0.39 is 17.4 Å². The van der Waals surface area contributed by atoms with Gasteiger partial charge in [0.1, 0.15) is 23.8 Å². The Hall–Kier alpha value is -3.41. The topological polar surface area (TPSA) is 76.7 Å². The van der Waals surface area contributed by atoms with E-state index in [0.717, 1.165) is 6.08 Å². The van der Waals surface area contributed by atoms with Crippen molar-refractivity contribution in [2.45, 2.75) is 13.5 Å². The van der Waals surface area contributed by atoms with Crippen LogP contribution in [0.2, 0.25) is 0 Å². The highest BCUT2D eigenvalue weighted by atomic mass is 19.1. The Bertz CT molecular complexity index is 1070. The van der Waals surface area contributed by atoms with Gasteiger partial charge < -0.3 is 14.3 Å². The molecule has 0 saturated carbocycles. The summed E-state index contributed by atoms with van der Waals surface area (Å²) in [7, 11) is 0. The normalized spacial score (nSPS) is 11.2. The minimum Gasteiger partial charge on any atom is -0.508 e. The minimum atomic E-state index is -0.676. The number of halogens is 1. The molecule has 0 bridgehead atoms. The Morgan fingerprint density at radius 2 is 2.04 bits per heavy atom. The van der Waals surface area contributed by atoms with Crippen molar-refractivity contribution in [1.82, 2.24) is 0 Å². The van der Waals surface area contributed by atoms with Crippen LogP contribution in [-0.4, -0.2) is 11.1 Å². The Labute approximate surface area is 148 Å². The first-order valence-electron chi connectivity index (χ1n) is 7.80. The summed E-state index contributed by atoms with van der Waals surface area (Å²) in [5.74, 6) is -1.12. The Kier molecular flexibility index (Phi) is 4.84. The Morgan fingerprint density at radius 3 is 2.81 bits per heavy atom. The number of ether oxygens (including phenoxy) is 1. The molecule has 0 unspecified atom stereocenters. The van der Waals surface area contributed by atoms with Crippen molar-refractivity contribution < 1.29 is 23.4 Å². The monoisotopic (exact) mass is 354 g/mol. The number of carbonyl (C=O) groups is 1. The first-order valence-corrected chi connectivity index (χ1v) is 7.80. The summed E-state index contributed by atoms with van der Waals surface area (Å²) in [6.45, 7) is 1.46. The van der Waals surface area contributed by atoms with Crippen LogP contribution in [0.5, 0.6) is 5.75 Å². The SMILES string of the molecule is Cc1c(O)ccc2c(COC(=O)/C=C/c3ccccc3F)cc(=O)oc12. The van der Waals surface area contributed by atoms with E-state index >= 15 is 0 Å². The fraction of sp³-hybridized carbons (Fsp3) is 0.100. The van der Waals surface area contributed by atoms with E-state index in [1.807, 2.05) is 0 Å². The van der Waals surface area contributed by atoms with Crippen LogP contribution in [-0.2, 0) is 16.1 Å². The molecule has 1 heterocycles. The van der Waals surface area contributed by atoms with Gasteiger partial charge in [-0.1, -0.05) is 18.2 Å². The van der Waals surface area contributed by atoms with Crippen molar-refractivity contribution in [3.8, 4) is 5.75 Å². The highest BCUT2D eigenvalue weighted by Crippen LogP contribution is 2.27. The standard InChI is InChI=1S/C20H15FO5/c1-12-17(22)8-7-15-14(10-19(24)26-20(12)15)11-25-18(23)9-6-13-4-2-3-5-16(13)21/h2-10,22H,11H2,1H3/b9-6+. The first-order chi connectivity index (χ1) is 12.5. The second kappa shape index (κ2) is 7.23. The molecule has 0 atom stereocenters. The molecule has 0 fully saturated rings. The number of phenols is 1. The summed E-state index contributed by atoms with van der Waals surface area (Å²) in [6.07, 6.45) is 2.43. The van der Waals surface area contributed by atoms with Gasteiger partial charge in [-0.3, -0.25) is 0 Å². The van der Waals surface area contributed by atoms with Gasteiger partial charge in [0.2, 0.25) is 0 Å². The van der Waals surface area contributed by atoms with Crippen molar-refractivity contribution in [3.05, 3.63) is 81.5 Å². The van der Waals surface area contributed by atoms with Crippen LogP contribution in [0.1, 0.15) is 16.7 Å². The van der Waals surface area contributed by atoms with Crippen molar-refractivity contribution in [2.24, 2.45) is 0 Å². The predicted octanol–water partition coefficient (Wildman–Crippen LogP) is 3.70. The third kappa shape index (κ3) is 3.64. The van der Waals surface area contributed by atoms with Crippen LogP contribution >= 0.6 is 0 Å². The lowest BCUT2D eigenvalue weighted by atomic mass is 10.1. The summed E-state index contributed by atoms with van der Waals surface area (Å²) in [4.78, 5) is 23.6. The number of aromatic hydroxyl groups is 1. The number of aryl methyl sites for hydroxylation is 1. The Morgan fingerprint density at radius 1 is 1.27 bits per heavy atom. The molecule has 0 saturated heterocycles. The second-order valence-electron chi connectivity index (χ2n) is 5.64. The van der Waals surface area contributed by atoms with Gasteiger partial charge in [-0.25, -0.2) is 14.0 Å². The summed E-state index contributed by atoms with van der Waals surface area (Å²) < 4.78 is 23.8. The highest BCUT2D eigenvalue weighted by Gasteiger charge is 2.12. The van der Waals surface area contributed by atoms with Gasteiger partial charge in [0.05, 0.1) is 0 Å². The van der Waals surface area contributed by atoms with Crippen molar-refractivity contribution >= 4 is 23.0 Å². The molecule has 26 heavy (non-hydrogen) atoms. The van der Waals surface area contributed by atoms with Crippen LogP contribution in [0.3, 0.4) is 0 Å². The number of hydrogen-bond acceptors (Lipinski definition) is 5. The number of phenolic OH excluding ortho intramolecular Hbond substituents is 1. The van der Waals surface area contributed by atoms with E-state index in [0.29, 0.717) is 16.5 Å². The molecule has 1 aromatic heterocycles. The summed E-state index contributed by atoms with van der Waals surface area (Å²) in [5, 5.41) is 10.3.